The molecule has 0 spiro atoms. The van der Waals surface area contributed by atoms with Crippen LogP contribution in [0.15, 0.2) is 54.6 Å². The normalized spacial score (nSPS) is 9.95. The van der Waals surface area contributed by atoms with Crippen molar-refractivity contribution in [3.05, 3.63) is 71.3 Å². The number of ketones is 1. The maximum absolute atomic E-state index is 12.2. The van der Waals surface area contributed by atoms with Crippen molar-refractivity contribution in [3.8, 4) is 0 Å². The maximum atomic E-state index is 12.2. The molecule has 0 aliphatic carbocycles. The van der Waals surface area contributed by atoms with Crippen LogP contribution in [0.25, 0.3) is 0 Å². The SMILES string of the molecule is COC(=O)c1ccccc1C(=O)Cc1ccccc1. The first-order valence-corrected chi connectivity index (χ1v) is 5.97. The summed E-state index contributed by atoms with van der Waals surface area (Å²) in [6.07, 6.45) is 0.273. The van der Waals surface area contributed by atoms with Crippen molar-refractivity contribution in [1.82, 2.24) is 0 Å². The highest BCUT2D eigenvalue weighted by molar-refractivity contribution is 6.07. The molecule has 0 aliphatic rings. The van der Waals surface area contributed by atoms with Crippen molar-refractivity contribution in [2.45, 2.75) is 6.42 Å². The van der Waals surface area contributed by atoms with E-state index in [0.717, 1.165) is 5.56 Å². The Morgan fingerprint density at radius 1 is 0.895 bits per heavy atom. The standard InChI is InChI=1S/C16H14O3/c1-19-16(18)14-10-6-5-9-13(14)15(17)11-12-7-3-2-4-8-12/h2-10H,11H2,1H3. The number of hydrogen-bond donors (Lipinski definition) is 0. The topological polar surface area (TPSA) is 43.4 Å². The smallest absolute Gasteiger partial charge is 0.338 e. The zero-order chi connectivity index (χ0) is 13.7. The lowest BCUT2D eigenvalue weighted by atomic mass is 9.98. The Kier molecular flexibility index (Phi) is 4.08. The van der Waals surface area contributed by atoms with Crippen molar-refractivity contribution >= 4 is 11.8 Å². The van der Waals surface area contributed by atoms with Gasteiger partial charge in [0.1, 0.15) is 0 Å². The van der Waals surface area contributed by atoms with Gasteiger partial charge >= 0.3 is 5.97 Å². The Morgan fingerprint density at radius 3 is 2.11 bits per heavy atom. The van der Waals surface area contributed by atoms with E-state index in [1.54, 1.807) is 24.3 Å². The van der Waals surface area contributed by atoms with Crippen LogP contribution >= 0.6 is 0 Å². The zero-order valence-electron chi connectivity index (χ0n) is 10.6. The second-order valence-electron chi connectivity index (χ2n) is 4.12. The van der Waals surface area contributed by atoms with Crippen LogP contribution in [-0.4, -0.2) is 18.9 Å². The third kappa shape index (κ3) is 3.07. The van der Waals surface area contributed by atoms with E-state index in [2.05, 4.69) is 4.74 Å². The molecule has 3 nitrogen and oxygen atoms in total. The molecular weight excluding hydrogens is 240 g/mol. The number of Topliss-reactive ketones (excluding diaryl/α,β-unsaturated/α-hetero) is 1. The fraction of sp³-hybridized carbons (Fsp3) is 0.125. The molecule has 2 aromatic rings. The molecule has 0 atom stereocenters. The van der Waals surface area contributed by atoms with Crippen LogP contribution in [0.1, 0.15) is 26.3 Å². The molecular formula is C16H14O3. The van der Waals surface area contributed by atoms with Crippen LogP contribution in [0, 0.1) is 0 Å². The number of hydrogen-bond acceptors (Lipinski definition) is 3. The third-order valence-corrected chi connectivity index (χ3v) is 2.84. The summed E-state index contributed by atoms with van der Waals surface area (Å²) in [6.45, 7) is 0. The second kappa shape index (κ2) is 5.96. The first kappa shape index (κ1) is 13.0. The number of rotatable bonds is 4. The molecule has 0 amide bonds. The summed E-state index contributed by atoms with van der Waals surface area (Å²) in [6, 6.07) is 16.1. The minimum Gasteiger partial charge on any atom is -0.465 e. The van der Waals surface area contributed by atoms with Gasteiger partial charge < -0.3 is 4.74 Å². The fourth-order valence-corrected chi connectivity index (χ4v) is 1.89. The van der Waals surface area contributed by atoms with Gasteiger partial charge in [-0.15, -0.1) is 0 Å². The average Bonchev–Trinajstić information content (AvgIpc) is 2.47. The van der Waals surface area contributed by atoms with Gasteiger partial charge in [-0.3, -0.25) is 4.79 Å². The van der Waals surface area contributed by atoms with E-state index in [0.29, 0.717) is 11.1 Å². The first-order chi connectivity index (χ1) is 9.22. The summed E-state index contributed by atoms with van der Waals surface area (Å²) in [7, 11) is 1.31. The first-order valence-electron chi connectivity index (χ1n) is 5.97. The number of esters is 1. The third-order valence-electron chi connectivity index (χ3n) is 2.84. The molecule has 0 N–H and O–H groups in total. The molecule has 19 heavy (non-hydrogen) atoms. The summed E-state index contributed by atoms with van der Waals surface area (Å²) < 4.78 is 4.69. The summed E-state index contributed by atoms with van der Waals surface area (Å²) >= 11 is 0. The van der Waals surface area contributed by atoms with Crippen molar-refractivity contribution in [2.24, 2.45) is 0 Å². The van der Waals surface area contributed by atoms with Gasteiger partial charge in [0.2, 0.25) is 0 Å². The van der Waals surface area contributed by atoms with Crippen LogP contribution in [0.5, 0.6) is 0 Å². The summed E-state index contributed by atoms with van der Waals surface area (Å²) in [5.41, 5.74) is 1.64. The van der Waals surface area contributed by atoms with Gasteiger partial charge in [0.25, 0.3) is 0 Å². The molecule has 0 aromatic heterocycles. The molecule has 0 heterocycles. The van der Waals surface area contributed by atoms with Crippen LogP contribution in [0.4, 0.5) is 0 Å². The molecule has 0 radical (unpaired) electrons. The van der Waals surface area contributed by atoms with E-state index in [4.69, 9.17) is 0 Å². The molecule has 0 aliphatic heterocycles. The van der Waals surface area contributed by atoms with Crippen LogP contribution in [-0.2, 0) is 11.2 Å². The van der Waals surface area contributed by atoms with Gasteiger partial charge in [0.15, 0.2) is 5.78 Å². The zero-order valence-corrected chi connectivity index (χ0v) is 10.6. The van der Waals surface area contributed by atoms with E-state index >= 15 is 0 Å². The van der Waals surface area contributed by atoms with Gasteiger partial charge in [-0.2, -0.15) is 0 Å². The highest BCUT2D eigenvalue weighted by Gasteiger charge is 2.16. The van der Waals surface area contributed by atoms with Crippen molar-refractivity contribution < 1.29 is 14.3 Å². The second-order valence-corrected chi connectivity index (χ2v) is 4.12. The van der Waals surface area contributed by atoms with Crippen molar-refractivity contribution in [1.29, 1.82) is 0 Å². The molecule has 2 rings (SSSR count). The molecule has 0 bridgehead atoms. The quantitative estimate of drug-likeness (QED) is 0.622. The maximum Gasteiger partial charge on any atom is 0.338 e. The molecule has 3 heteroatoms. The number of carbonyl (C=O) groups excluding carboxylic acids is 2. The largest absolute Gasteiger partial charge is 0.465 e. The van der Waals surface area contributed by atoms with E-state index < -0.39 is 5.97 Å². The molecule has 0 saturated carbocycles. The van der Waals surface area contributed by atoms with E-state index in [9.17, 15) is 9.59 Å². The Labute approximate surface area is 111 Å². The molecule has 0 fully saturated rings. The fourth-order valence-electron chi connectivity index (χ4n) is 1.89. The lowest BCUT2D eigenvalue weighted by Gasteiger charge is -2.06. The van der Waals surface area contributed by atoms with Crippen molar-refractivity contribution in [2.75, 3.05) is 7.11 Å². The lowest BCUT2D eigenvalue weighted by Crippen LogP contribution is -2.12. The average molecular weight is 254 g/mol. The van der Waals surface area contributed by atoms with Gasteiger partial charge in [0, 0.05) is 12.0 Å². The van der Waals surface area contributed by atoms with E-state index in [1.807, 2.05) is 30.3 Å². The van der Waals surface area contributed by atoms with E-state index in [-0.39, 0.29) is 12.2 Å². The predicted octanol–water partition coefficient (Wildman–Crippen LogP) is 2.90. The Bertz CT molecular complexity index is 588. The number of benzene rings is 2. The van der Waals surface area contributed by atoms with Gasteiger partial charge in [-0.25, -0.2) is 4.79 Å². The highest BCUT2D eigenvalue weighted by atomic mass is 16.5. The van der Waals surface area contributed by atoms with Crippen LogP contribution < -0.4 is 0 Å². The molecule has 0 unspecified atom stereocenters. The Morgan fingerprint density at radius 2 is 1.47 bits per heavy atom. The van der Waals surface area contributed by atoms with Crippen LogP contribution in [0.2, 0.25) is 0 Å². The van der Waals surface area contributed by atoms with Gasteiger partial charge in [-0.1, -0.05) is 48.5 Å². The monoisotopic (exact) mass is 254 g/mol. The minimum absolute atomic E-state index is 0.0906. The molecule has 96 valence electrons. The van der Waals surface area contributed by atoms with Crippen LogP contribution in [0.3, 0.4) is 0 Å². The van der Waals surface area contributed by atoms with Gasteiger partial charge in [0.05, 0.1) is 12.7 Å². The van der Waals surface area contributed by atoms with Crippen molar-refractivity contribution in [3.63, 3.8) is 0 Å². The summed E-state index contributed by atoms with van der Waals surface area (Å²) in [4.78, 5) is 23.9. The molecule has 0 saturated heterocycles. The minimum atomic E-state index is -0.489. The van der Waals surface area contributed by atoms with Gasteiger partial charge in [-0.05, 0) is 11.6 Å². The number of ether oxygens (including phenoxy) is 1. The summed E-state index contributed by atoms with van der Waals surface area (Å²) in [5, 5.41) is 0. The Balaban J connectivity index is 2.27. The predicted molar refractivity (Wildman–Crippen MR) is 72.3 cm³/mol. The lowest BCUT2D eigenvalue weighted by molar-refractivity contribution is 0.0597. The highest BCUT2D eigenvalue weighted by Crippen LogP contribution is 2.13. The van der Waals surface area contributed by atoms with E-state index in [1.165, 1.54) is 7.11 Å². The number of carbonyl (C=O) groups is 2. The Hall–Kier alpha value is -2.42. The molecule has 2 aromatic carbocycles. The number of methoxy groups -OCH3 is 1. The summed E-state index contributed by atoms with van der Waals surface area (Å²) in [5.74, 6) is -0.579.